The molecular weight excluding hydrogens is 372 g/mol. The number of nitrogens with zero attached hydrogens (tertiary/aromatic N) is 1. The molecule has 0 heterocycles. The Kier molecular flexibility index (Phi) is 8.56. The fraction of sp³-hybridized carbons (Fsp3) is 0.273. The van der Waals surface area contributed by atoms with Gasteiger partial charge in [-0.3, -0.25) is 4.79 Å². The van der Waals surface area contributed by atoms with E-state index in [1.54, 1.807) is 36.4 Å². The van der Waals surface area contributed by atoms with E-state index in [2.05, 4.69) is 17.1 Å². The Balaban J connectivity index is 2.07. The summed E-state index contributed by atoms with van der Waals surface area (Å²) < 4.78 is 21.9. The third-order valence-electron chi connectivity index (χ3n) is 3.73. The predicted molar refractivity (Wildman–Crippen MR) is 113 cm³/mol. The first-order valence-corrected chi connectivity index (χ1v) is 9.27. The molecule has 0 bridgehead atoms. The Hall–Kier alpha value is -3.48. The third kappa shape index (κ3) is 6.27. The SMILES string of the molecule is C=CCOc1ccc(/C=N/NC(=O)c2ccc(OCC)c(OC)c2)cc1OCC. The van der Waals surface area contributed by atoms with Crippen molar-refractivity contribution in [2.45, 2.75) is 13.8 Å². The summed E-state index contributed by atoms with van der Waals surface area (Å²) >= 11 is 0. The van der Waals surface area contributed by atoms with Gasteiger partial charge in [0.1, 0.15) is 6.61 Å². The summed E-state index contributed by atoms with van der Waals surface area (Å²) in [5.41, 5.74) is 3.66. The second-order valence-electron chi connectivity index (χ2n) is 5.74. The Bertz CT molecular complexity index is 864. The summed E-state index contributed by atoms with van der Waals surface area (Å²) in [6.45, 7) is 8.80. The van der Waals surface area contributed by atoms with Crippen LogP contribution in [0.15, 0.2) is 54.2 Å². The van der Waals surface area contributed by atoms with Crippen LogP contribution in [0.1, 0.15) is 29.8 Å². The van der Waals surface area contributed by atoms with E-state index < -0.39 is 0 Å². The van der Waals surface area contributed by atoms with Crippen LogP contribution in [-0.4, -0.2) is 39.1 Å². The highest BCUT2D eigenvalue weighted by Gasteiger charge is 2.10. The molecule has 1 N–H and O–H groups in total. The monoisotopic (exact) mass is 398 g/mol. The van der Waals surface area contributed by atoms with E-state index in [9.17, 15) is 4.79 Å². The smallest absolute Gasteiger partial charge is 0.271 e. The average Bonchev–Trinajstić information content (AvgIpc) is 2.73. The Labute approximate surface area is 170 Å². The van der Waals surface area contributed by atoms with Gasteiger partial charge in [-0.15, -0.1) is 0 Å². The molecule has 29 heavy (non-hydrogen) atoms. The maximum absolute atomic E-state index is 12.3. The lowest BCUT2D eigenvalue weighted by Gasteiger charge is -2.11. The fourth-order valence-electron chi connectivity index (χ4n) is 2.45. The van der Waals surface area contributed by atoms with Crippen molar-refractivity contribution in [3.8, 4) is 23.0 Å². The maximum Gasteiger partial charge on any atom is 0.271 e. The first kappa shape index (κ1) is 21.8. The number of hydrogen-bond donors (Lipinski definition) is 1. The molecule has 0 unspecified atom stereocenters. The van der Waals surface area contributed by atoms with E-state index in [-0.39, 0.29) is 5.91 Å². The van der Waals surface area contributed by atoms with Crippen molar-refractivity contribution in [2.75, 3.05) is 26.9 Å². The first-order valence-electron chi connectivity index (χ1n) is 9.27. The lowest BCUT2D eigenvalue weighted by molar-refractivity contribution is 0.0954. The quantitative estimate of drug-likeness (QED) is 0.354. The van der Waals surface area contributed by atoms with Crippen molar-refractivity contribution >= 4 is 12.1 Å². The molecule has 2 aromatic carbocycles. The fourth-order valence-corrected chi connectivity index (χ4v) is 2.45. The molecule has 7 nitrogen and oxygen atoms in total. The number of methoxy groups -OCH3 is 1. The summed E-state index contributed by atoms with van der Waals surface area (Å²) in [6, 6.07) is 10.3. The highest BCUT2D eigenvalue weighted by atomic mass is 16.5. The average molecular weight is 398 g/mol. The number of carbonyl (C=O) groups is 1. The molecule has 2 rings (SSSR count). The van der Waals surface area contributed by atoms with Crippen molar-refractivity contribution in [3.63, 3.8) is 0 Å². The van der Waals surface area contributed by atoms with Gasteiger partial charge in [0, 0.05) is 5.56 Å². The van der Waals surface area contributed by atoms with Gasteiger partial charge in [-0.1, -0.05) is 12.7 Å². The molecule has 0 saturated heterocycles. The van der Waals surface area contributed by atoms with Gasteiger partial charge in [0.2, 0.25) is 0 Å². The van der Waals surface area contributed by atoms with E-state index in [1.165, 1.54) is 13.3 Å². The number of nitrogens with one attached hydrogen (secondary N) is 1. The third-order valence-corrected chi connectivity index (χ3v) is 3.73. The lowest BCUT2D eigenvalue weighted by Crippen LogP contribution is -2.17. The molecule has 0 atom stereocenters. The largest absolute Gasteiger partial charge is 0.493 e. The zero-order valence-electron chi connectivity index (χ0n) is 16.9. The molecule has 0 spiro atoms. The highest BCUT2D eigenvalue weighted by Crippen LogP contribution is 2.29. The van der Waals surface area contributed by atoms with Crippen LogP contribution < -0.4 is 24.4 Å². The van der Waals surface area contributed by atoms with Crippen LogP contribution in [0.25, 0.3) is 0 Å². The van der Waals surface area contributed by atoms with Gasteiger partial charge in [0.05, 0.1) is 26.5 Å². The number of hydrazone groups is 1. The normalized spacial score (nSPS) is 10.4. The molecule has 0 aromatic heterocycles. The summed E-state index contributed by atoms with van der Waals surface area (Å²) in [4.78, 5) is 12.3. The highest BCUT2D eigenvalue weighted by molar-refractivity contribution is 5.95. The van der Waals surface area contributed by atoms with Crippen LogP contribution in [-0.2, 0) is 0 Å². The molecule has 0 radical (unpaired) electrons. The van der Waals surface area contributed by atoms with Gasteiger partial charge in [0.15, 0.2) is 23.0 Å². The maximum atomic E-state index is 12.3. The van der Waals surface area contributed by atoms with Gasteiger partial charge in [-0.05, 0) is 55.8 Å². The molecule has 154 valence electrons. The zero-order valence-corrected chi connectivity index (χ0v) is 16.9. The van der Waals surface area contributed by atoms with Gasteiger partial charge in [-0.25, -0.2) is 5.43 Å². The molecule has 0 aliphatic heterocycles. The number of amides is 1. The standard InChI is InChI=1S/C22H26N2O5/c1-5-12-29-19-10-8-16(13-21(19)28-7-3)15-23-24-22(25)17-9-11-18(27-6-2)20(14-17)26-4/h5,8-11,13-15H,1,6-7,12H2,2-4H3,(H,24,25)/b23-15+. The van der Waals surface area contributed by atoms with Crippen LogP contribution in [0, 0.1) is 0 Å². The Morgan fingerprint density at radius 3 is 2.38 bits per heavy atom. The number of hydrogen-bond acceptors (Lipinski definition) is 6. The predicted octanol–water partition coefficient (Wildman–Crippen LogP) is 3.82. The molecule has 0 aliphatic carbocycles. The minimum Gasteiger partial charge on any atom is -0.493 e. The van der Waals surface area contributed by atoms with E-state index in [1.807, 2.05) is 19.9 Å². The minimum atomic E-state index is -0.362. The van der Waals surface area contributed by atoms with Crippen molar-refractivity contribution in [1.29, 1.82) is 0 Å². The second-order valence-corrected chi connectivity index (χ2v) is 5.74. The van der Waals surface area contributed by atoms with Gasteiger partial charge < -0.3 is 18.9 Å². The van der Waals surface area contributed by atoms with Crippen LogP contribution in [0.5, 0.6) is 23.0 Å². The molecular formula is C22H26N2O5. The summed E-state index contributed by atoms with van der Waals surface area (Å²) in [5, 5.41) is 4.02. The van der Waals surface area contributed by atoms with Crippen molar-refractivity contribution in [3.05, 3.63) is 60.2 Å². The van der Waals surface area contributed by atoms with Crippen molar-refractivity contribution < 1.29 is 23.7 Å². The molecule has 2 aromatic rings. The van der Waals surface area contributed by atoms with Crippen molar-refractivity contribution in [1.82, 2.24) is 5.43 Å². The molecule has 1 amide bonds. The Morgan fingerprint density at radius 2 is 1.69 bits per heavy atom. The zero-order chi connectivity index (χ0) is 21.1. The van der Waals surface area contributed by atoms with E-state index in [4.69, 9.17) is 18.9 Å². The lowest BCUT2D eigenvalue weighted by atomic mass is 10.2. The van der Waals surface area contributed by atoms with E-state index in [0.717, 1.165) is 5.56 Å². The second kappa shape index (κ2) is 11.4. The summed E-state index contributed by atoms with van der Waals surface area (Å²) in [5.74, 6) is 1.92. The van der Waals surface area contributed by atoms with E-state index >= 15 is 0 Å². The summed E-state index contributed by atoms with van der Waals surface area (Å²) in [7, 11) is 1.52. The summed E-state index contributed by atoms with van der Waals surface area (Å²) in [6.07, 6.45) is 3.19. The molecule has 0 saturated carbocycles. The van der Waals surface area contributed by atoms with Crippen LogP contribution in [0.2, 0.25) is 0 Å². The molecule has 7 heteroatoms. The number of rotatable bonds is 11. The number of carbonyl (C=O) groups excluding carboxylic acids is 1. The van der Waals surface area contributed by atoms with Crippen LogP contribution >= 0.6 is 0 Å². The number of ether oxygens (including phenoxy) is 4. The molecule has 0 aliphatic rings. The van der Waals surface area contributed by atoms with Crippen molar-refractivity contribution in [2.24, 2.45) is 5.10 Å². The van der Waals surface area contributed by atoms with E-state index in [0.29, 0.717) is 48.4 Å². The van der Waals surface area contributed by atoms with Gasteiger partial charge in [-0.2, -0.15) is 5.10 Å². The Morgan fingerprint density at radius 1 is 1.00 bits per heavy atom. The van der Waals surface area contributed by atoms with Crippen LogP contribution in [0.3, 0.4) is 0 Å². The topological polar surface area (TPSA) is 78.4 Å². The first-order chi connectivity index (χ1) is 14.1. The van der Waals surface area contributed by atoms with Crippen LogP contribution in [0.4, 0.5) is 0 Å². The van der Waals surface area contributed by atoms with Gasteiger partial charge >= 0.3 is 0 Å². The molecule has 0 fully saturated rings. The number of benzene rings is 2. The minimum absolute atomic E-state index is 0.362. The van der Waals surface area contributed by atoms with Gasteiger partial charge in [0.25, 0.3) is 5.91 Å².